The highest BCUT2D eigenvalue weighted by Gasteiger charge is 2.27. The molecule has 1 unspecified atom stereocenters. The SMILES string of the molecule is CCC(C)[C@H](NC(=O)[C@H](CO)NC(=O)/C=C/c1cccnc1)C(N)=O. The molecule has 0 spiro atoms. The van der Waals surface area contributed by atoms with Crippen molar-refractivity contribution in [1.29, 1.82) is 0 Å². The van der Waals surface area contributed by atoms with Crippen LogP contribution in [0, 0.1) is 5.92 Å². The van der Waals surface area contributed by atoms with Crippen molar-refractivity contribution >= 4 is 23.8 Å². The lowest BCUT2D eigenvalue weighted by molar-refractivity contribution is -0.132. The van der Waals surface area contributed by atoms with Crippen molar-refractivity contribution in [2.45, 2.75) is 32.4 Å². The maximum absolute atomic E-state index is 12.2. The first-order valence-electron chi connectivity index (χ1n) is 7.98. The molecule has 3 atom stereocenters. The summed E-state index contributed by atoms with van der Waals surface area (Å²) in [6.07, 6.45) is 6.57. The van der Waals surface area contributed by atoms with Crippen LogP contribution in [0.3, 0.4) is 0 Å². The van der Waals surface area contributed by atoms with Gasteiger partial charge in [-0.3, -0.25) is 19.4 Å². The van der Waals surface area contributed by atoms with Crippen LogP contribution in [0.5, 0.6) is 0 Å². The Balaban J connectivity index is 2.67. The lowest BCUT2D eigenvalue weighted by atomic mass is 9.98. The van der Waals surface area contributed by atoms with Gasteiger partial charge in [-0.05, 0) is 23.6 Å². The summed E-state index contributed by atoms with van der Waals surface area (Å²) in [6.45, 7) is 3.03. The van der Waals surface area contributed by atoms with E-state index >= 15 is 0 Å². The fourth-order valence-corrected chi connectivity index (χ4v) is 2.04. The third-order valence-corrected chi connectivity index (χ3v) is 3.74. The fourth-order valence-electron chi connectivity index (χ4n) is 2.04. The van der Waals surface area contributed by atoms with E-state index in [1.54, 1.807) is 31.5 Å². The van der Waals surface area contributed by atoms with Gasteiger partial charge in [-0.1, -0.05) is 26.3 Å². The zero-order chi connectivity index (χ0) is 18.8. The van der Waals surface area contributed by atoms with Gasteiger partial charge in [-0.25, -0.2) is 0 Å². The summed E-state index contributed by atoms with van der Waals surface area (Å²) in [7, 11) is 0. The van der Waals surface area contributed by atoms with Gasteiger partial charge in [0, 0.05) is 18.5 Å². The molecule has 0 saturated carbocycles. The number of primary amides is 1. The third kappa shape index (κ3) is 6.72. The Morgan fingerprint density at radius 3 is 2.60 bits per heavy atom. The number of carbonyl (C=O) groups excluding carboxylic acids is 3. The number of aliphatic hydroxyl groups is 1. The number of nitrogens with two attached hydrogens (primary N) is 1. The van der Waals surface area contributed by atoms with E-state index in [0.717, 1.165) is 0 Å². The molecule has 0 radical (unpaired) electrons. The lowest BCUT2D eigenvalue weighted by Gasteiger charge is -2.23. The van der Waals surface area contributed by atoms with Crippen LogP contribution in [-0.2, 0) is 14.4 Å². The predicted octanol–water partition coefficient (Wildman–Crippen LogP) is -0.412. The van der Waals surface area contributed by atoms with Crippen molar-refractivity contribution < 1.29 is 19.5 Å². The van der Waals surface area contributed by atoms with Crippen molar-refractivity contribution in [2.75, 3.05) is 6.61 Å². The van der Waals surface area contributed by atoms with Gasteiger partial charge in [0.05, 0.1) is 6.61 Å². The minimum atomic E-state index is -1.18. The Hall–Kier alpha value is -2.74. The largest absolute Gasteiger partial charge is 0.394 e. The molecule has 5 N–H and O–H groups in total. The summed E-state index contributed by atoms with van der Waals surface area (Å²) in [5.74, 6) is -2.06. The quantitative estimate of drug-likeness (QED) is 0.450. The van der Waals surface area contributed by atoms with E-state index in [2.05, 4.69) is 15.6 Å². The van der Waals surface area contributed by atoms with Crippen molar-refractivity contribution in [3.8, 4) is 0 Å². The monoisotopic (exact) mass is 348 g/mol. The van der Waals surface area contributed by atoms with Crippen LogP contribution in [0.25, 0.3) is 6.08 Å². The number of nitrogens with one attached hydrogen (secondary N) is 2. The number of aromatic nitrogens is 1. The Morgan fingerprint density at radius 1 is 1.36 bits per heavy atom. The molecular weight excluding hydrogens is 324 g/mol. The second-order valence-electron chi connectivity index (χ2n) is 5.64. The summed E-state index contributed by atoms with van der Waals surface area (Å²) < 4.78 is 0. The minimum Gasteiger partial charge on any atom is -0.394 e. The average molecular weight is 348 g/mol. The second kappa shape index (κ2) is 10.2. The van der Waals surface area contributed by atoms with E-state index in [0.29, 0.717) is 12.0 Å². The zero-order valence-corrected chi connectivity index (χ0v) is 14.3. The van der Waals surface area contributed by atoms with E-state index in [1.165, 1.54) is 12.2 Å². The van der Waals surface area contributed by atoms with E-state index in [4.69, 9.17) is 5.73 Å². The molecule has 8 nitrogen and oxygen atoms in total. The number of hydrogen-bond donors (Lipinski definition) is 4. The highest BCUT2D eigenvalue weighted by atomic mass is 16.3. The summed E-state index contributed by atoms with van der Waals surface area (Å²) >= 11 is 0. The number of nitrogens with zero attached hydrogens (tertiary/aromatic N) is 1. The van der Waals surface area contributed by atoms with Crippen molar-refractivity contribution in [1.82, 2.24) is 15.6 Å². The van der Waals surface area contributed by atoms with Crippen molar-refractivity contribution in [3.63, 3.8) is 0 Å². The molecule has 136 valence electrons. The van der Waals surface area contributed by atoms with Gasteiger partial charge in [0.2, 0.25) is 17.7 Å². The molecular formula is C17H24N4O4. The normalized spacial score (nSPS) is 14.5. The standard InChI is InChI=1S/C17H24N4O4/c1-3-11(2)15(16(18)24)21-17(25)13(10-22)20-14(23)7-6-12-5-4-8-19-9-12/h4-9,11,13,15,22H,3,10H2,1-2H3,(H2,18,24)(H,20,23)(H,21,25)/b7-6+/t11?,13-,15-/m0/s1. The summed E-state index contributed by atoms with van der Waals surface area (Å²) in [4.78, 5) is 39.5. The van der Waals surface area contributed by atoms with Crippen LogP contribution in [0.2, 0.25) is 0 Å². The van der Waals surface area contributed by atoms with E-state index < -0.39 is 36.4 Å². The molecule has 1 rings (SSSR count). The summed E-state index contributed by atoms with van der Waals surface area (Å²) in [6, 6.07) is 1.43. The van der Waals surface area contributed by atoms with Gasteiger partial charge in [0.1, 0.15) is 12.1 Å². The Kier molecular flexibility index (Phi) is 8.28. The topological polar surface area (TPSA) is 134 Å². The highest BCUT2D eigenvalue weighted by Crippen LogP contribution is 2.07. The van der Waals surface area contributed by atoms with Crippen molar-refractivity contribution in [3.05, 3.63) is 36.2 Å². The number of rotatable bonds is 9. The van der Waals surface area contributed by atoms with Crippen LogP contribution in [0.4, 0.5) is 0 Å². The molecule has 0 aliphatic heterocycles. The van der Waals surface area contributed by atoms with Gasteiger partial charge >= 0.3 is 0 Å². The Bertz CT molecular complexity index is 618. The smallest absolute Gasteiger partial charge is 0.245 e. The van der Waals surface area contributed by atoms with Crippen LogP contribution < -0.4 is 16.4 Å². The van der Waals surface area contributed by atoms with E-state index in [-0.39, 0.29) is 5.92 Å². The molecule has 0 fully saturated rings. The second-order valence-corrected chi connectivity index (χ2v) is 5.64. The van der Waals surface area contributed by atoms with Gasteiger partial charge < -0.3 is 21.5 Å². The third-order valence-electron chi connectivity index (χ3n) is 3.74. The molecule has 8 heteroatoms. The minimum absolute atomic E-state index is 0.165. The first-order chi connectivity index (χ1) is 11.9. The predicted molar refractivity (Wildman–Crippen MR) is 92.9 cm³/mol. The first kappa shape index (κ1) is 20.3. The number of hydrogen-bond acceptors (Lipinski definition) is 5. The van der Waals surface area contributed by atoms with Gasteiger partial charge in [-0.15, -0.1) is 0 Å². The molecule has 0 aliphatic carbocycles. The summed E-state index contributed by atoms with van der Waals surface area (Å²) in [5.41, 5.74) is 6.01. The molecule has 0 aliphatic rings. The molecule has 25 heavy (non-hydrogen) atoms. The molecule has 3 amide bonds. The average Bonchev–Trinajstić information content (AvgIpc) is 2.62. The van der Waals surface area contributed by atoms with Crippen LogP contribution in [0.15, 0.2) is 30.6 Å². The Morgan fingerprint density at radius 2 is 2.08 bits per heavy atom. The van der Waals surface area contributed by atoms with Gasteiger partial charge in [0.15, 0.2) is 0 Å². The number of amides is 3. The van der Waals surface area contributed by atoms with Gasteiger partial charge in [0.25, 0.3) is 0 Å². The van der Waals surface area contributed by atoms with E-state index in [1.807, 2.05) is 6.92 Å². The zero-order valence-electron chi connectivity index (χ0n) is 14.3. The Labute approximate surface area is 146 Å². The number of aliphatic hydroxyl groups excluding tert-OH is 1. The lowest BCUT2D eigenvalue weighted by Crippen LogP contribution is -2.55. The van der Waals surface area contributed by atoms with Crippen molar-refractivity contribution in [2.24, 2.45) is 11.7 Å². The maximum Gasteiger partial charge on any atom is 0.245 e. The van der Waals surface area contributed by atoms with Crippen LogP contribution >= 0.6 is 0 Å². The molecule has 1 aromatic heterocycles. The van der Waals surface area contributed by atoms with Crippen LogP contribution in [-0.4, -0.2) is 46.5 Å². The summed E-state index contributed by atoms with van der Waals surface area (Å²) in [5, 5.41) is 14.2. The molecule has 1 aromatic rings. The maximum atomic E-state index is 12.2. The highest BCUT2D eigenvalue weighted by molar-refractivity contribution is 5.96. The molecule has 1 heterocycles. The molecule has 0 bridgehead atoms. The first-order valence-corrected chi connectivity index (χ1v) is 7.98. The molecule has 0 saturated heterocycles. The number of pyridine rings is 1. The fraction of sp³-hybridized carbons (Fsp3) is 0.412. The number of carbonyl (C=O) groups is 3. The van der Waals surface area contributed by atoms with Crippen LogP contribution in [0.1, 0.15) is 25.8 Å². The molecule has 0 aromatic carbocycles. The van der Waals surface area contributed by atoms with Gasteiger partial charge in [-0.2, -0.15) is 0 Å². The van der Waals surface area contributed by atoms with E-state index in [9.17, 15) is 19.5 Å².